The van der Waals surface area contributed by atoms with Gasteiger partial charge in [-0.25, -0.2) is 0 Å². The molecule has 0 saturated carbocycles. The topological polar surface area (TPSA) is 55.5 Å². The molecular weight excluding hydrogens is 156 g/mol. The zero-order valence-electron chi connectivity index (χ0n) is 4.78. The van der Waals surface area contributed by atoms with E-state index in [0.29, 0.717) is 5.88 Å². The van der Waals surface area contributed by atoms with Gasteiger partial charge >= 0.3 is 0 Å². The Bertz CT molecular complexity index is 115. The summed E-state index contributed by atoms with van der Waals surface area (Å²) in [6.45, 7) is 0. The Labute approximate surface area is 62.9 Å². The molecule has 3 nitrogen and oxygen atoms in total. The van der Waals surface area contributed by atoms with Crippen molar-refractivity contribution < 1.29 is 4.79 Å². The van der Waals surface area contributed by atoms with E-state index in [1.165, 1.54) is 17.0 Å². The Morgan fingerprint density at radius 2 is 2.56 bits per heavy atom. The van der Waals surface area contributed by atoms with Crippen LogP contribution >= 0.6 is 22.5 Å². The molecule has 1 amide bonds. The number of nitrogens with two attached hydrogens (primary N) is 1. The normalized spacial score (nSPS) is 10.3. The van der Waals surface area contributed by atoms with Gasteiger partial charge in [-0.05, 0) is 0 Å². The second-order valence-corrected chi connectivity index (χ2v) is 2.58. The minimum Gasteiger partial charge on any atom is -0.369 e. The molecule has 9 heavy (non-hydrogen) atoms. The lowest BCUT2D eigenvalue weighted by Gasteiger charge is -1.84. The van der Waals surface area contributed by atoms with Gasteiger partial charge in [-0.15, -0.1) is 11.7 Å². The van der Waals surface area contributed by atoms with Gasteiger partial charge in [0.05, 0.1) is 12.3 Å². The number of hydrogen-bond acceptors (Lipinski definition) is 4. The Hall–Kier alpha value is -0.160. The molecule has 0 aliphatic heterocycles. The van der Waals surface area contributed by atoms with E-state index in [-0.39, 0.29) is 12.3 Å². The van der Waals surface area contributed by atoms with Crippen LogP contribution in [0.25, 0.3) is 0 Å². The average Bonchev–Trinajstić information content (AvgIpc) is 1.80. The quantitative estimate of drug-likeness (QED) is 0.360. The third-order valence-corrected chi connectivity index (χ3v) is 1.16. The van der Waals surface area contributed by atoms with Crippen LogP contribution in [0.1, 0.15) is 6.42 Å². The molecule has 0 aliphatic carbocycles. The van der Waals surface area contributed by atoms with Crippen LogP contribution in [-0.2, 0) is 4.79 Å². The first kappa shape index (κ1) is 8.84. The predicted octanol–water partition coefficient (Wildman–Crippen LogP) is 0.468. The molecule has 0 fully saturated rings. The van der Waals surface area contributed by atoms with Crippen molar-refractivity contribution in [2.75, 3.05) is 5.88 Å². The second-order valence-electron chi connectivity index (χ2n) is 1.29. The fourth-order valence-corrected chi connectivity index (χ4v) is 0.613. The van der Waals surface area contributed by atoms with Gasteiger partial charge in [-0.3, -0.25) is 9.79 Å². The lowest BCUT2D eigenvalue weighted by atomic mass is 10.5. The summed E-state index contributed by atoms with van der Waals surface area (Å²) in [5.41, 5.74) is 4.82. The summed E-state index contributed by atoms with van der Waals surface area (Å²) < 4.78 is 0. The van der Waals surface area contributed by atoms with E-state index in [2.05, 4.69) is 16.7 Å². The van der Waals surface area contributed by atoms with Crippen molar-refractivity contribution in [3.8, 4) is 0 Å². The SMILES string of the molecule is NC(=O)C/C=N\CSS. The van der Waals surface area contributed by atoms with Gasteiger partial charge in [0.1, 0.15) is 0 Å². The Balaban J connectivity index is 3.14. The zero-order chi connectivity index (χ0) is 7.11. The highest BCUT2D eigenvalue weighted by molar-refractivity contribution is 8.68. The predicted molar refractivity (Wildman–Crippen MR) is 43.7 cm³/mol. The largest absolute Gasteiger partial charge is 0.369 e. The molecule has 0 saturated heterocycles. The lowest BCUT2D eigenvalue weighted by Crippen LogP contribution is -2.10. The summed E-state index contributed by atoms with van der Waals surface area (Å²) >= 11 is 3.83. The van der Waals surface area contributed by atoms with E-state index in [1.54, 1.807) is 0 Å². The van der Waals surface area contributed by atoms with Crippen LogP contribution < -0.4 is 5.73 Å². The van der Waals surface area contributed by atoms with E-state index < -0.39 is 0 Å². The molecule has 0 aromatic carbocycles. The molecule has 0 spiro atoms. The summed E-state index contributed by atoms with van der Waals surface area (Å²) in [6.07, 6.45) is 1.71. The maximum absolute atomic E-state index is 10.1. The molecule has 0 aliphatic rings. The smallest absolute Gasteiger partial charge is 0.222 e. The average molecular weight is 164 g/mol. The van der Waals surface area contributed by atoms with Gasteiger partial charge in [0.25, 0.3) is 0 Å². The molecule has 0 aromatic heterocycles. The molecule has 0 radical (unpaired) electrons. The van der Waals surface area contributed by atoms with Crippen LogP contribution in [0.2, 0.25) is 0 Å². The highest BCUT2D eigenvalue weighted by Gasteiger charge is 1.85. The zero-order valence-corrected chi connectivity index (χ0v) is 6.49. The number of carbonyl (C=O) groups excluding carboxylic acids is 1. The second kappa shape index (κ2) is 5.97. The molecule has 5 heteroatoms. The van der Waals surface area contributed by atoms with Crippen molar-refractivity contribution in [2.24, 2.45) is 10.7 Å². The van der Waals surface area contributed by atoms with Gasteiger partial charge in [0.15, 0.2) is 0 Å². The van der Waals surface area contributed by atoms with E-state index >= 15 is 0 Å². The number of amides is 1. The maximum atomic E-state index is 10.1. The van der Waals surface area contributed by atoms with Crippen LogP contribution in [-0.4, -0.2) is 18.0 Å². The summed E-state index contributed by atoms with van der Waals surface area (Å²) in [4.78, 5) is 13.9. The third kappa shape index (κ3) is 7.84. The Kier molecular flexibility index (Phi) is 5.86. The van der Waals surface area contributed by atoms with Crippen molar-refractivity contribution in [1.29, 1.82) is 0 Å². The molecule has 0 unspecified atom stereocenters. The molecule has 0 heterocycles. The Morgan fingerprint density at radius 3 is 3.00 bits per heavy atom. The number of rotatable bonds is 4. The van der Waals surface area contributed by atoms with Crippen molar-refractivity contribution in [2.45, 2.75) is 6.42 Å². The molecule has 0 bridgehead atoms. The third-order valence-electron chi connectivity index (χ3n) is 0.554. The molecule has 52 valence electrons. The first-order valence-electron chi connectivity index (χ1n) is 2.30. The Morgan fingerprint density at radius 1 is 1.89 bits per heavy atom. The minimum absolute atomic E-state index is 0.217. The number of carbonyl (C=O) groups is 1. The van der Waals surface area contributed by atoms with E-state index in [0.717, 1.165) is 0 Å². The molecule has 0 aromatic rings. The standard InChI is InChI=1S/C4H8N2OS2/c5-4(7)1-2-6-3-9-8/h2,8H,1,3H2,(H2,5,7)/b6-2-. The summed E-state index contributed by atoms with van der Waals surface area (Å²) in [5.74, 6) is 0.207. The molecule has 0 rings (SSSR count). The highest BCUT2D eigenvalue weighted by atomic mass is 33.1. The van der Waals surface area contributed by atoms with Gasteiger partial charge in [0, 0.05) is 6.21 Å². The van der Waals surface area contributed by atoms with Gasteiger partial charge < -0.3 is 5.73 Å². The maximum Gasteiger partial charge on any atom is 0.222 e. The number of hydrogen-bond donors (Lipinski definition) is 2. The monoisotopic (exact) mass is 164 g/mol. The number of aliphatic imine (C=N–C) groups is 1. The fourth-order valence-electron chi connectivity index (χ4n) is 0.241. The van der Waals surface area contributed by atoms with Crippen LogP contribution in [0.15, 0.2) is 4.99 Å². The molecule has 0 atom stereocenters. The van der Waals surface area contributed by atoms with Crippen LogP contribution in [0.5, 0.6) is 0 Å². The van der Waals surface area contributed by atoms with Gasteiger partial charge in [-0.1, -0.05) is 10.8 Å². The molecular formula is C4H8N2OS2. The first-order valence-corrected chi connectivity index (χ1v) is 4.34. The van der Waals surface area contributed by atoms with Crippen molar-refractivity contribution >= 4 is 34.6 Å². The van der Waals surface area contributed by atoms with Crippen molar-refractivity contribution in [3.63, 3.8) is 0 Å². The van der Waals surface area contributed by atoms with E-state index in [4.69, 9.17) is 5.73 Å². The summed E-state index contributed by atoms with van der Waals surface area (Å²) in [6, 6.07) is 0. The van der Waals surface area contributed by atoms with Crippen LogP contribution in [0.3, 0.4) is 0 Å². The summed E-state index contributed by atoms with van der Waals surface area (Å²) in [7, 11) is 1.30. The van der Waals surface area contributed by atoms with Gasteiger partial charge in [-0.2, -0.15) is 0 Å². The first-order chi connectivity index (χ1) is 4.27. The van der Waals surface area contributed by atoms with E-state index in [9.17, 15) is 4.79 Å². The lowest BCUT2D eigenvalue weighted by molar-refractivity contribution is -0.116. The number of primary amides is 1. The summed E-state index contributed by atoms with van der Waals surface area (Å²) in [5, 5.41) is 0. The number of nitrogens with zero attached hydrogens (tertiary/aromatic N) is 1. The highest BCUT2D eigenvalue weighted by Crippen LogP contribution is 2.02. The van der Waals surface area contributed by atoms with Crippen molar-refractivity contribution in [1.82, 2.24) is 0 Å². The number of thiol groups is 1. The molecule has 2 N–H and O–H groups in total. The van der Waals surface area contributed by atoms with E-state index in [1.807, 2.05) is 0 Å². The minimum atomic E-state index is -0.358. The van der Waals surface area contributed by atoms with Gasteiger partial charge in [0.2, 0.25) is 5.91 Å². The van der Waals surface area contributed by atoms with Crippen LogP contribution in [0.4, 0.5) is 0 Å². The fraction of sp³-hybridized carbons (Fsp3) is 0.500. The van der Waals surface area contributed by atoms with Crippen molar-refractivity contribution in [3.05, 3.63) is 0 Å². The van der Waals surface area contributed by atoms with Crippen LogP contribution in [0, 0.1) is 0 Å².